The summed E-state index contributed by atoms with van der Waals surface area (Å²) in [5, 5.41) is 2.83. The van der Waals surface area contributed by atoms with Crippen molar-refractivity contribution in [2.24, 2.45) is 0 Å². The standard InChI is InChI=1S/C25H24N2O2/c1-18-16-19(12-14-23(18)27(2)3)13-15-24(28)21-10-7-11-22(17-21)26-25(29)20-8-5-4-6-9-20/h4-17H,1-3H3,(H,26,29)/b15-13+. The molecule has 29 heavy (non-hydrogen) atoms. The van der Waals surface area contributed by atoms with E-state index in [0.29, 0.717) is 16.8 Å². The van der Waals surface area contributed by atoms with Crippen LogP contribution in [0.5, 0.6) is 0 Å². The van der Waals surface area contributed by atoms with Crippen LogP contribution in [0.25, 0.3) is 6.08 Å². The van der Waals surface area contributed by atoms with Crippen LogP contribution >= 0.6 is 0 Å². The Kier molecular flexibility index (Phi) is 6.25. The maximum atomic E-state index is 12.6. The largest absolute Gasteiger partial charge is 0.377 e. The van der Waals surface area contributed by atoms with Gasteiger partial charge < -0.3 is 10.2 Å². The summed E-state index contributed by atoms with van der Waals surface area (Å²) in [5.41, 5.74) is 4.94. The molecule has 0 aliphatic rings. The Balaban J connectivity index is 1.71. The van der Waals surface area contributed by atoms with Gasteiger partial charge in [0.2, 0.25) is 0 Å². The number of nitrogens with zero attached hydrogens (tertiary/aromatic N) is 1. The number of anilines is 2. The third-order valence-electron chi connectivity index (χ3n) is 4.57. The highest BCUT2D eigenvalue weighted by atomic mass is 16.1. The SMILES string of the molecule is Cc1cc(/C=C/C(=O)c2cccc(NC(=O)c3ccccc3)c2)ccc1N(C)C. The molecule has 0 saturated carbocycles. The fraction of sp³-hybridized carbons (Fsp3) is 0.120. The second-order valence-corrected chi connectivity index (χ2v) is 7.04. The van der Waals surface area contributed by atoms with E-state index in [4.69, 9.17) is 0 Å². The molecule has 146 valence electrons. The quantitative estimate of drug-likeness (QED) is 0.469. The van der Waals surface area contributed by atoms with Gasteiger partial charge in [0.05, 0.1) is 0 Å². The molecule has 0 radical (unpaired) electrons. The molecule has 4 nitrogen and oxygen atoms in total. The van der Waals surface area contributed by atoms with Gasteiger partial charge in [0.25, 0.3) is 5.91 Å². The van der Waals surface area contributed by atoms with Crippen LogP contribution < -0.4 is 10.2 Å². The third kappa shape index (κ3) is 5.20. The first-order valence-electron chi connectivity index (χ1n) is 9.41. The van der Waals surface area contributed by atoms with Crippen LogP contribution in [0.4, 0.5) is 11.4 Å². The summed E-state index contributed by atoms with van der Waals surface area (Å²) < 4.78 is 0. The predicted molar refractivity (Wildman–Crippen MR) is 120 cm³/mol. The first kappa shape index (κ1) is 20.1. The van der Waals surface area contributed by atoms with Crippen molar-refractivity contribution in [3.63, 3.8) is 0 Å². The van der Waals surface area contributed by atoms with Crippen molar-refractivity contribution in [3.8, 4) is 0 Å². The number of nitrogens with one attached hydrogen (secondary N) is 1. The van der Waals surface area contributed by atoms with Gasteiger partial charge in [-0.1, -0.05) is 42.5 Å². The smallest absolute Gasteiger partial charge is 0.255 e. The number of hydrogen-bond acceptors (Lipinski definition) is 3. The lowest BCUT2D eigenvalue weighted by atomic mass is 10.1. The summed E-state index contributed by atoms with van der Waals surface area (Å²) in [6, 6.07) is 22.0. The van der Waals surface area contributed by atoms with Crippen LogP contribution in [0.1, 0.15) is 31.8 Å². The summed E-state index contributed by atoms with van der Waals surface area (Å²) in [7, 11) is 4.01. The van der Waals surface area contributed by atoms with E-state index in [0.717, 1.165) is 16.8 Å². The predicted octanol–water partition coefficient (Wildman–Crippen LogP) is 5.21. The summed E-state index contributed by atoms with van der Waals surface area (Å²) in [4.78, 5) is 26.9. The number of amides is 1. The Morgan fingerprint density at radius 3 is 2.28 bits per heavy atom. The molecular weight excluding hydrogens is 360 g/mol. The van der Waals surface area contributed by atoms with Gasteiger partial charge >= 0.3 is 0 Å². The van der Waals surface area contributed by atoms with Crippen LogP contribution in [-0.4, -0.2) is 25.8 Å². The van der Waals surface area contributed by atoms with E-state index < -0.39 is 0 Å². The molecule has 0 fully saturated rings. The fourth-order valence-corrected chi connectivity index (χ4v) is 3.10. The molecule has 3 aromatic rings. The van der Waals surface area contributed by atoms with Crippen molar-refractivity contribution in [3.05, 3.63) is 101 Å². The van der Waals surface area contributed by atoms with Gasteiger partial charge in [-0.15, -0.1) is 0 Å². The maximum absolute atomic E-state index is 12.6. The minimum atomic E-state index is -0.206. The molecule has 0 aromatic heterocycles. The number of rotatable bonds is 6. The Bertz CT molecular complexity index is 1050. The number of carbonyl (C=O) groups excluding carboxylic acids is 2. The van der Waals surface area contributed by atoms with Gasteiger partial charge in [0.1, 0.15) is 0 Å². The van der Waals surface area contributed by atoms with Gasteiger partial charge in [-0.3, -0.25) is 9.59 Å². The minimum absolute atomic E-state index is 0.116. The van der Waals surface area contributed by atoms with Gasteiger partial charge in [-0.25, -0.2) is 0 Å². The Hall–Kier alpha value is -3.66. The second-order valence-electron chi connectivity index (χ2n) is 7.04. The summed E-state index contributed by atoms with van der Waals surface area (Å²) in [6.07, 6.45) is 3.37. The molecular formula is C25H24N2O2. The van der Waals surface area contributed by atoms with E-state index in [1.54, 1.807) is 42.5 Å². The van der Waals surface area contributed by atoms with E-state index in [-0.39, 0.29) is 11.7 Å². The lowest BCUT2D eigenvalue weighted by molar-refractivity contribution is 0.102. The molecule has 1 N–H and O–H groups in total. The normalized spacial score (nSPS) is 10.7. The van der Waals surface area contributed by atoms with Crippen molar-refractivity contribution in [1.82, 2.24) is 0 Å². The zero-order chi connectivity index (χ0) is 20.8. The molecule has 3 aromatic carbocycles. The number of ketones is 1. The topological polar surface area (TPSA) is 49.4 Å². The van der Waals surface area contributed by atoms with Gasteiger partial charge in [0.15, 0.2) is 5.78 Å². The van der Waals surface area contributed by atoms with Crippen LogP contribution in [0, 0.1) is 6.92 Å². The summed E-state index contributed by atoms with van der Waals surface area (Å²) in [6.45, 7) is 2.05. The maximum Gasteiger partial charge on any atom is 0.255 e. The molecule has 4 heteroatoms. The number of hydrogen-bond donors (Lipinski definition) is 1. The molecule has 0 unspecified atom stereocenters. The van der Waals surface area contributed by atoms with Gasteiger partial charge in [0, 0.05) is 36.6 Å². The zero-order valence-corrected chi connectivity index (χ0v) is 16.8. The zero-order valence-electron chi connectivity index (χ0n) is 16.8. The fourth-order valence-electron chi connectivity index (χ4n) is 3.10. The molecule has 0 bridgehead atoms. The summed E-state index contributed by atoms with van der Waals surface area (Å²) >= 11 is 0. The van der Waals surface area contributed by atoms with Gasteiger partial charge in [-0.2, -0.15) is 0 Å². The Morgan fingerprint density at radius 2 is 1.59 bits per heavy atom. The van der Waals surface area contributed by atoms with Crippen LogP contribution in [-0.2, 0) is 0 Å². The molecule has 3 rings (SSSR count). The highest BCUT2D eigenvalue weighted by Crippen LogP contribution is 2.20. The van der Waals surface area contributed by atoms with Crippen molar-refractivity contribution in [1.29, 1.82) is 0 Å². The van der Waals surface area contributed by atoms with E-state index in [1.807, 2.05) is 57.4 Å². The molecule has 0 atom stereocenters. The van der Waals surface area contributed by atoms with E-state index in [9.17, 15) is 9.59 Å². The minimum Gasteiger partial charge on any atom is -0.377 e. The lowest BCUT2D eigenvalue weighted by Gasteiger charge is -2.15. The van der Waals surface area contributed by atoms with Crippen LogP contribution in [0.3, 0.4) is 0 Å². The number of carbonyl (C=O) groups is 2. The van der Waals surface area contributed by atoms with Crippen molar-refractivity contribution in [2.45, 2.75) is 6.92 Å². The van der Waals surface area contributed by atoms with E-state index >= 15 is 0 Å². The molecule has 0 aliphatic heterocycles. The first-order chi connectivity index (χ1) is 13.9. The van der Waals surface area contributed by atoms with Crippen molar-refractivity contribution >= 4 is 29.1 Å². The van der Waals surface area contributed by atoms with Gasteiger partial charge in [-0.05, 0) is 60.5 Å². The number of aryl methyl sites for hydroxylation is 1. The average molecular weight is 384 g/mol. The summed E-state index contributed by atoms with van der Waals surface area (Å²) in [5.74, 6) is -0.322. The Morgan fingerprint density at radius 1 is 0.862 bits per heavy atom. The molecule has 0 aliphatic carbocycles. The highest BCUT2D eigenvalue weighted by Gasteiger charge is 2.08. The molecule has 0 spiro atoms. The van der Waals surface area contributed by atoms with Crippen LogP contribution in [0.15, 0.2) is 78.9 Å². The molecule has 1 amide bonds. The van der Waals surface area contributed by atoms with E-state index in [2.05, 4.69) is 16.3 Å². The van der Waals surface area contributed by atoms with Crippen molar-refractivity contribution in [2.75, 3.05) is 24.3 Å². The molecule has 0 heterocycles. The average Bonchev–Trinajstić information content (AvgIpc) is 2.72. The van der Waals surface area contributed by atoms with Crippen molar-refractivity contribution < 1.29 is 9.59 Å². The monoisotopic (exact) mass is 384 g/mol. The molecule has 0 saturated heterocycles. The number of allylic oxidation sites excluding steroid dienone is 1. The Labute approximate surface area is 171 Å². The first-order valence-corrected chi connectivity index (χ1v) is 9.41. The third-order valence-corrected chi connectivity index (χ3v) is 4.57. The van der Waals surface area contributed by atoms with E-state index in [1.165, 1.54) is 0 Å². The lowest BCUT2D eigenvalue weighted by Crippen LogP contribution is -2.12. The van der Waals surface area contributed by atoms with Crippen LogP contribution in [0.2, 0.25) is 0 Å². The number of benzene rings is 3. The highest BCUT2D eigenvalue weighted by molar-refractivity contribution is 6.09. The second kappa shape index (κ2) is 9.02.